The molecular formula is C14H17NO2. The molecule has 0 bridgehead atoms. The normalized spacial score (nSPS) is 12.4. The molecular weight excluding hydrogens is 214 g/mol. The van der Waals surface area contributed by atoms with E-state index in [-0.39, 0.29) is 0 Å². The van der Waals surface area contributed by atoms with Gasteiger partial charge in [0, 0.05) is 11.6 Å². The molecule has 3 nitrogen and oxygen atoms in total. The molecule has 1 aromatic carbocycles. The van der Waals surface area contributed by atoms with Crippen molar-refractivity contribution < 1.29 is 9.26 Å². The molecule has 3 heteroatoms. The zero-order valence-corrected chi connectivity index (χ0v) is 10.4. The molecule has 17 heavy (non-hydrogen) atoms. The van der Waals surface area contributed by atoms with Gasteiger partial charge in [-0.3, -0.25) is 0 Å². The van der Waals surface area contributed by atoms with Crippen molar-refractivity contribution in [1.82, 2.24) is 5.16 Å². The molecule has 90 valence electrons. The second kappa shape index (κ2) is 5.04. The van der Waals surface area contributed by atoms with Crippen LogP contribution >= 0.6 is 0 Å². The first-order chi connectivity index (χ1) is 8.27. The van der Waals surface area contributed by atoms with E-state index in [2.05, 4.69) is 25.1 Å². The first-order valence-corrected chi connectivity index (χ1v) is 5.85. The van der Waals surface area contributed by atoms with E-state index in [9.17, 15) is 0 Å². The quantitative estimate of drug-likeness (QED) is 0.801. The second-order valence-corrected chi connectivity index (χ2v) is 4.12. The summed E-state index contributed by atoms with van der Waals surface area (Å²) >= 11 is 0. The van der Waals surface area contributed by atoms with Gasteiger partial charge in [0.05, 0.1) is 7.11 Å². The van der Waals surface area contributed by atoms with Crippen LogP contribution < -0.4 is 4.74 Å². The first-order valence-electron chi connectivity index (χ1n) is 5.85. The van der Waals surface area contributed by atoms with Crippen LogP contribution in [-0.4, -0.2) is 12.3 Å². The highest BCUT2D eigenvalue weighted by Gasteiger charge is 2.15. The SMILES string of the molecule is CCC(C)c1cccc(-c2ccon2)c1OC. The topological polar surface area (TPSA) is 35.3 Å². The van der Waals surface area contributed by atoms with Gasteiger partial charge in [-0.15, -0.1) is 0 Å². The van der Waals surface area contributed by atoms with Gasteiger partial charge < -0.3 is 9.26 Å². The Morgan fingerprint density at radius 2 is 2.18 bits per heavy atom. The minimum atomic E-state index is 0.469. The van der Waals surface area contributed by atoms with E-state index < -0.39 is 0 Å². The van der Waals surface area contributed by atoms with Gasteiger partial charge >= 0.3 is 0 Å². The van der Waals surface area contributed by atoms with Gasteiger partial charge in [-0.2, -0.15) is 0 Å². The summed E-state index contributed by atoms with van der Waals surface area (Å²) in [5, 5.41) is 3.97. The van der Waals surface area contributed by atoms with Crippen molar-refractivity contribution in [2.45, 2.75) is 26.2 Å². The van der Waals surface area contributed by atoms with Crippen LogP contribution in [0.15, 0.2) is 35.1 Å². The van der Waals surface area contributed by atoms with Crippen LogP contribution in [0.4, 0.5) is 0 Å². The standard InChI is InChI=1S/C14H17NO2/c1-4-10(2)11-6-5-7-12(14(11)16-3)13-8-9-17-15-13/h5-10H,4H2,1-3H3. The third-order valence-electron chi connectivity index (χ3n) is 3.11. The Kier molecular flexibility index (Phi) is 3.47. The minimum Gasteiger partial charge on any atom is -0.496 e. The molecule has 1 heterocycles. The molecule has 1 unspecified atom stereocenters. The van der Waals surface area contributed by atoms with Crippen molar-refractivity contribution in [3.63, 3.8) is 0 Å². The molecule has 2 rings (SSSR count). The Morgan fingerprint density at radius 1 is 1.35 bits per heavy atom. The van der Waals surface area contributed by atoms with Crippen LogP contribution in [0, 0.1) is 0 Å². The second-order valence-electron chi connectivity index (χ2n) is 4.12. The predicted molar refractivity (Wildman–Crippen MR) is 67.2 cm³/mol. The zero-order chi connectivity index (χ0) is 12.3. The number of methoxy groups -OCH3 is 1. The molecule has 0 N–H and O–H groups in total. The lowest BCUT2D eigenvalue weighted by atomic mass is 9.94. The lowest BCUT2D eigenvalue weighted by Gasteiger charge is -2.16. The molecule has 0 amide bonds. The van der Waals surface area contributed by atoms with E-state index in [1.165, 1.54) is 5.56 Å². The molecule has 1 aromatic heterocycles. The van der Waals surface area contributed by atoms with Crippen LogP contribution in [0.25, 0.3) is 11.3 Å². The number of ether oxygens (including phenoxy) is 1. The molecule has 0 aliphatic heterocycles. The van der Waals surface area contributed by atoms with Crippen molar-refractivity contribution in [1.29, 1.82) is 0 Å². The van der Waals surface area contributed by atoms with Crippen LogP contribution in [0.3, 0.4) is 0 Å². The van der Waals surface area contributed by atoms with E-state index in [4.69, 9.17) is 9.26 Å². The fourth-order valence-electron chi connectivity index (χ4n) is 1.94. The number of benzene rings is 1. The van der Waals surface area contributed by atoms with E-state index >= 15 is 0 Å². The highest BCUT2D eigenvalue weighted by atomic mass is 16.5. The predicted octanol–water partition coefficient (Wildman–Crippen LogP) is 3.86. The molecule has 0 aliphatic carbocycles. The highest BCUT2D eigenvalue weighted by Crippen LogP contribution is 2.36. The molecule has 0 saturated heterocycles. The van der Waals surface area contributed by atoms with Crippen molar-refractivity contribution in [2.75, 3.05) is 7.11 Å². The Morgan fingerprint density at radius 3 is 2.76 bits per heavy atom. The maximum absolute atomic E-state index is 5.54. The number of para-hydroxylation sites is 1. The van der Waals surface area contributed by atoms with Crippen molar-refractivity contribution in [3.05, 3.63) is 36.1 Å². The van der Waals surface area contributed by atoms with Gasteiger partial charge in [-0.1, -0.05) is 31.1 Å². The fourth-order valence-corrected chi connectivity index (χ4v) is 1.94. The van der Waals surface area contributed by atoms with Crippen molar-refractivity contribution >= 4 is 0 Å². The lowest BCUT2D eigenvalue weighted by molar-refractivity contribution is 0.404. The Hall–Kier alpha value is -1.77. The molecule has 0 saturated carbocycles. The van der Waals surface area contributed by atoms with E-state index in [1.807, 2.05) is 18.2 Å². The van der Waals surface area contributed by atoms with Gasteiger partial charge in [0.2, 0.25) is 0 Å². The minimum absolute atomic E-state index is 0.469. The van der Waals surface area contributed by atoms with Crippen molar-refractivity contribution in [2.24, 2.45) is 0 Å². The summed E-state index contributed by atoms with van der Waals surface area (Å²) in [6.07, 6.45) is 2.66. The molecule has 2 aromatic rings. The largest absolute Gasteiger partial charge is 0.496 e. The fraction of sp³-hybridized carbons (Fsp3) is 0.357. The first kappa shape index (κ1) is 11.7. The summed E-state index contributed by atoms with van der Waals surface area (Å²) in [6, 6.07) is 7.99. The summed E-state index contributed by atoms with van der Waals surface area (Å²) in [7, 11) is 1.70. The number of aromatic nitrogens is 1. The Balaban J connectivity index is 2.54. The number of rotatable bonds is 4. The van der Waals surface area contributed by atoms with E-state index in [0.29, 0.717) is 5.92 Å². The van der Waals surface area contributed by atoms with Gasteiger partial charge in [0.1, 0.15) is 17.7 Å². The zero-order valence-electron chi connectivity index (χ0n) is 10.4. The maximum atomic E-state index is 5.54. The van der Waals surface area contributed by atoms with Gasteiger partial charge in [-0.05, 0) is 24.0 Å². The summed E-state index contributed by atoms with van der Waals surface area (Å²) in [6.45, 7) is 4.37. The third kappa shape index (κ3) is 2.18. The number of hydrogen-bond donors (Lipinski definition) is 0. The van der Waals surface area contributed by atoms with Gasteiger partial charge in [0.15, 0.2) is 0 Å². The van der Waals surface area contributed by atoms with E-state index in [0.717, 1.165) is 23.4 Å². The number of hydrogen-bond acceptors (Lipinski definition) is 3. The Bertz CT molecular complexity index is 477. The van der Waals surface area contributed by atoms with Crippen LogP contribution in [0.5, 0.6) is 5.75 Å². The molecule has 0 spiro atoms. The average molecular weight is 231 g/mol. The summed E-state index contributed by atoms with van der Waals surface area (Å²) in [5.41, 5.74) is 3.02. The van der Waals surface area contributed by atoms with Gasteiger partial charge in [-0.25, -0.2) is 0 Å². The van der Waals surface area contributed by atoms with Crippen molar-refractivity contribution in [3.8, 4) is 17.0 Å². The number of nitrogens with zero attached hydrogens (tertiary/aromatic N) is 1. The molecule has 1 atom stereocenters. The summed E-state index contributed by atoms with van der Waals surface area (Å²) in [5.74, 6) is 1.37. The smallest absolute Gasteiger partial charge is 0.131 e. The molecule has 0 aliphatic rings. The van der Waals surface area contributed by atoms with Crippen LogP contribution in [0.2, 0.25) is 0 Å². The molecule has 0 radical (unpaired) electrons. The third-order valence-corrected chi connectivity index (χ3v) is 3.11. The Labute approximate surface area is 101 Å². The monoisotopic (exact) mass is 231 g/mol. The van der Waals surface area contributed by atoms with Gasteiger partial charge in [0.25, 0.3) is 0 Å². The van der Waals surface area contributed by atoms with E-state index in [1.54, 1.807) is 13.4 Å². The summed E-state index contributed by atoms with van der Waals surface area (Å²) < 4.78 is 10.4. The van der Waals surface area contributed by atoms with Crippen LogP contribution in [0.1, 0.15) is 31.7 Å². The lowest BCUT2D eigenvalue weighted by Crippen LogP contribution is -1.98. The maximum Gasteiger partial charge on any atom is 0.131 e. The average Bonchev–Trinajstić information content (AvgIpc) is 2.90. The summed E-state index contributed by atoms with van der Waals surface area (Å²) in [4.78, 5) is 0. The molecule has 0 fully saturated rings. The highest BCUT2D eigenvalue weighted by molar-refractivity contribution is 5.69. The van der Waals surface area contributed by atoms with Crippen LogP contribution in [-0.2, 0) is 0 Å².